The summed E-state index contributed by atoms with van der Waals surface area (Å²) in [5.74, 6) is -0.920. The highest BCUT2D eigenvalue weighted by atomic mass is 32.2. The van der Waals surface area contributed by atoms with E-state index in [0.29, 0.717) is 54.9 Å². The summed E-state index contributed by atoms with van der Waals surface area (Å²) in [4.78, 5) is 46.6. The number of hydrogen-bond acceptors (Lipinski definition) is 9. The molecule has 1 aliphatic rings. The zero-order valence-electron chi connectivity index (χ0n) is 39.0. The van der Waals surface area contributed by atoms with Crippen LogP contribution in [0.3, 0.4) is 0 Å². The predicted molar refractivity (Wildman–Crippen MR) is 255 cm³/mol. The Morgan fingerprint density at radius 2 is 1.55 bits per heavy atom. The molecule has 0 unspecified atom stereocenters. The van der Waals surface area contributed by atoms with Crippen LogP contribution in [0.25, 0.3) is 5.57 Å². The molecule has 5 rings (SSSR count). The maximum absolute atomic E-state index is 14.3. The molecule has 0 spiro atoms. The van der Waals surface area contributed by atoms with E-state index >= 15 is 0 Å². The van der Waals surface area contributed by atoms with Crippen LogP contribution in [0, 0.1) is 19.8 Å². The van der Waals surface area contributed by atoms with Gasteiger partial charge in [-0.2, -0.15) is 0 Å². The van der Waals surface area contributed by atoms with E-state index in [2.05, 4.69) is 26.3 Å². The smallest absolute Gasteiger partial charge is 0.497 e. The molecule has 0 radical (unpaired) electrons. The number of amides is 3. The molecule has 3 atom stereocenters. The molecule has 3 N–H and O–H groups in total. The Morgan fingerprint density at radius 1 is 0.894 bits per heavy atom. The molecule has 1 aliphatic heterocycles. The molecule has 0 saturated carbocycles. The lowest BCUT2D eigenvalue weighted by Crippen LogP contribution is -2.56. The van der Waals surface area contributed by atoms with Gasteiger partial charge in [-0.3, -0.25) is 28.0 Å². The van der Waals surface area contributed by atoms with Gasteiger partial charge in [0.25, 0.3) is 0 Å². The number of carbonyl (C=O) groups is 3. The Labute approximate surface area is 387 Å². The number of sulfone groups is 1. The lowest BCUT2D eigenvalue weighted by molar-refractivity contribution is -0.132. The van der Waals surface area contributed by atoms with Crippen molar-refractivity contribution in [1.29, 1.82) is 0 Å². The molecular formula is C48H61BF2N8O6S. The van der Waals surface area contributed by atoms with Crippen LogP contribution >= 0.6 is 0 Å². The van der Waals surface area contributed by atoms with Crippen LogP contribution in [0.2, 0.25) is 0 Å². The van der Waals surface area contributed by atoms with Crippen molar-refractivity contribution in [3.05, 3.63) is 129 Å². The molecule has 0 saturated heterocycles. The summed E-state index contributed by atoms with van der Waals surface area (Å²) in [6.45, 7) is 11.0. The van der Waals surface area contributed by atoms with Gasteiger partial charge in [0.15, 0.2) is 9.84 Å². The van der Waals surface area contributed by atoms with Crippen molar-refractivity contribution >= 4 is 46.2 Å². The van der Waals surface area contributed by atoms with Gasteiger partial charge in [-0.25, -0.2) is 13.1 Å². The van der Waals surface area contributed by atoms with E-state index in [1.54, 1.807) is 50.6 Å². The summed E-state index contributed by atoms with van der Waals surface area (Å²) in [5, 5.41) is 18.1. The summed E-state index contributed by atoms with van der Waals surface area (Å²) in [5.41, 5.74) is 7.10. The van der Waals surface area contributed by atoms with E-state index in [0.717, 1.165) is 55.4 Å². The number of nitrogens with one attached hydrogen (secondary N) is 3. The van der Waals surface area contributed by atoms with Gasteiger partial charge in [-0.1, -0.05) is 67.6 Å². The molecule has 0 aliphatic carbocycles. The van der Waals surface area contributed by atoms with E-state index < -0.39 is 53.1 Å². The van der Waals surface area contributed by atoms with Crippen LogP contribution in [0.15, 0.2) is 101 Å². The Hall–Kier alpha value is -6.17. The quantitative estimate of drug-likeness (QED) is 0.0553. The normalized spacial score (nSPS) is 15.0. The maximum Gasteiger partial charge on any atom is 0.677 e. The van der Waals surface area contributed by atoms with Crippen LogP contribution in [0.4, 0.5) is 8.63 Å². The number of aryl methyl sites for hydroxylation is 3. The summed E-state index contributed by atoms with van der Waals surface area (Å²) in [7, 11) is -4.63. The molecule has 2 aromatic heterocycles. The van der Waals surface area contributed by atoms with Crippen molar-refractivity contribution in [2.75, 3.05) is 13.4 Å². The van der Waals surface area contributed by atoms with Gasteiger partial charge in [0.2, 0.25) is 17.7 Å². The average molecular weight is 927 g/mol. The van der Waals surface area contributed by atoms with Gasteiger partial charge in [0, 0.05) is 59.4 Å². The number of aliphatic imine (C=N–C) groups is 1. The molecule has 3 amide bonds. The Morgan fingerprint density at radius 3 is 2.15 bits per heavy atom. The molecule has 0 bridgehead atoms. The van der Waals surface area contributed by atoms with Gasteiger partial charge in [0.1, 0.15) is 24.4 Å². The van der Waals surface area contributed by atoms with Gasteiger partial charge < -0.3 is 25.2 Å². The molecule has 3 heterocycles. The van der Waals surface area contributed by atoms with Crippen molar-refractivity contribution in [3.63, 3.8) is 0 Å². The molecule has 18 heteroatoms. The minimum absolute atomic E-state index is 0.0798. The number of unbranched alkanes of at least 4 members (excludes halogenated alkanes) is 1. The first-order chi connectivity index (χ1) is 31.3. The van der Waals surface area contributed by atoms with Crippen molar-refractivity contribution in [2.24, 2.45) is 10.9 Å². The third-order valence-corrected chi connectivity index (χ3v) is 11.7. The highest BCUT2D eigenvalue weighted by Crippen LogP contribution is 2.36. The van der Waals surface area contributed by atoms with Crippen LogP contribution in [-0.4, -0.2) is 90.2 Å². The second-order valence-electron chi connectivity index (χ2n) is 17.3. The number of rotatable bonds is 23. The SMILES string of the molecule is COc1ccc(C[C@H](NC(=O)Cn2cc(CCCC/C(=C3/N=C(C)C=C3C)c3c(C)cc(C)n3B(F)F)nn2)C(=O)N[C@@H](Cc2ccccc2)C(=O)N[C@H](/C=C/S(C)(=O)=O)CC(C)C)cc1. The zero-order chi connectivity index (χ0) is 48.1. The van der Waals surface area contributed by atoms with Crippen LogP contribution in [0.5, 0.6) is 5.75 Å². The van der Waals surface area contributed by atoms with Crippen molar-refractivity contribution in [2.45, 2.75) is 111 Å². The summed E-state index contributed by atoms with van der Waals surface area (Å²) < 4.78 is 60.3. The van der Waals surface area contributed by atoms with Crippen LogP contribution in [-0.2, 0) is 50.0 Å². The van der Waals surface area contributed by atoms with E-state index in [-0.39, 0.29) is 25.3 Å². The molecule has 14 nitrogen and oxygen atoms in total. The van der Waals surface area contributed by atoms with Crippen LogP contribution < -0.4 is 20.7 Å². The molecular weight excluding hydrogens is 865 g/mol. The second kappa shape index (κ2) is 23.3. The lowest BCUT2D eigenvalue weighted by Gasteiger charge is -2.25. The van der Waals surface area contributed by atoms with Gasteiger partial charge in [-0.15, -0.1) is 5.10 Å². The highest BCUT2D eigenvalue weighted by molar-refractivity contribution is 7.93. The lowest BCUT2D eigenvalue weighted by atomic mass is 9.96. The number of benzene rings is 2. The fourth-order valence-corrected chi connectivity index (χ4v) is 8.54. The molecule has 2 aromatic carbocycles. The van der Waals surface area contributed by atoms with Gasteiger partial charge in [0.05, 0.1) is 18.5 Å². The number of aromatic nitrogens is 4. The Balaban J connectivity index is 1.29. The Kier molecular flexibility index (Phi) is 18.0. The number of halogens is 2. The van der Waals surface area contributed by atoms with Crippen molar-refractivity contribution < 1.29 is 36.2 Å². The predicted octanol–water partition coefficient (Wildman–Crippen LogP) is 6.57. The monoisotopic (exact) mass is 926 g/mol. The number of carbonyl (C=O) groups excluding carboxylic acids is 3. The number of allylic oxidation sites excluding steroid dienone is 3. The third kappa shape index (κ3) is 14.9. The molecule has 0 fully saturated rings. The number of hydrogen-bond donors (Lipinski definition) is 3. The number of methoxy groups -OCH3 is 1. The summed E-state index contributed by atoms with van der Waals surface area (Å²) >= 11 is 0. The van der Waals surface area contributed by atoms with Crippen LogP contribution in [0.1, 0.15) is 87.2 Å². The molecule has 4 aromatic rings. The number of nitrogens with zero attached hydrogens (tertiary/aromatic N) is 5. The van der Waals surface area contributed by atoms with E-state index in [9.17, 15) is 31.4 Å². The first-order valence-electron chi connectivity index (χ1n) is 22.1. The Bertz CT molecular complexity index is 2570. The zero-order valence-corrected chi connectivity index (χ0v) is 39.8. The average Bonchev–Trinajstić information content (AvgIpc) is 3.93. The van der Waals surface area contributed by atoms with Crippen molar-refractivity contribution in [3.8, 4) is 5.75 Å². The summed E-state index contributed by atoms with van der Waals surface area (Å²) in [6, 6.07) is 15.2. The second-order valence-corrected chi connectivity index (χ2v) is 19.2. The highest BCUT2D eigenvalue weighted by Gasteiger charge is 2.30. The van der Waals surface area contributed by atoms with E-state index in [1.807, 2.05) is 71.0 Å². The van der Waals surface area contributed by atoms with E-state index in [4.69, 9.17) is 9.73 Å². The largest absolute Gasteiger partial charge is 0.677 e. The standard InChI is InChI=1S/C48H61BF2N8O6S/c1-31(2)24-38(22-23-66(8,63)64)53-47(61)43(27-36-14-10-9-11-15-36)55-48(62)42(28-37-18-20-40(65-7)21-19-37)54-44(60)30-58-29-39(56-57-58)16-12-13-17-41(45-32(3)25-34(5)52-45)46-33(4)26-35(6)59(46)49(50)51/h9-11,14-15,18-23,25-26,29,31,38,42-43H,12-13,16-17,24,27-28,30H2,1-8H3,(H,53,61)(H,54,60)(H,55,62)/b23-22+,45-41-/t38-,42+,43+/m1/s1. The van der Waals surface area contributed by atoms with Gasteiger partial charge in [-0.05, 0) is 112 Å². The van der Waals surface area contributed by atoms with Crippen molar-refractivity contribution in [1.82, 2.24) is 35.4 Å². The molecule has 352 valence electrons. The first-order valence-corrected chi connectivity index (χ1v) is 24.0. The fraction of sp³-hybridized carbons (Fsp3) is 0.417. The topological polar surface area (TPSA) is 179 Å². The maximum atomic E-state index is 14.3. The third-order valence-electron chi connectivity index (χ3n) is 11.1. The fourth-order valence-electron chi connectivity index (χ4n) is 8.06. The first kappa shape index (κ1) is 50.8. The minimum atomic E-state index is -3.47. The van der Waals surface area contributed by atoms with E-state index in [1.165, 1.54) is 10.8 Å². The van der Waals surface area contributed by atoms with Gasteiger partial charge >= 0.3 is 7.40 Å². The number of ether oxygens (including phenoxy) is 1. The minimum Gasteiger partial charge on any atom is -0.497 e. The molecule has 66 heavy (non-hydrogen) atoms. The summed E-state index contributed by atoms with van der Waals surface area (Å²) in [6.07, 6.45) is 9.13.